The molecular formula is C26H40N8O6S. The van der Waals surface area contributed by atoms with E-state index >= 15 is 0 Å². The number of carboxylic acids is 1. The lowest BCUT2D eigenvalue weighted by molar-refractivity contribution is -0.142. The number of thioether (sulfide) groups is 1. The van der Waals surface area contributed by atoms with Crippen LogP contribution < -0.4 is 33.2 Å². The molecule has 0 aliphatic carbocycles. The molecule has 5 unspecified atom stereocenters. The number of amides is 3. The van der Waals surface area contributed by atoms with Crippen LogP contribution in [0.3, 0.4) is 0 Å². The molecule has 0 radical (unpaired) electrons. The third-order valence-electron chi connectivity index (χ3n) is 6.36. The van der Waals surface area contributed by atoms with Crippen LogP contribution in [0.2, 0.25) is 0 Å². The number of hydrogen-bond acceptors (Lipinski definition) is 8. The number of aliphatic hydroxyl groups excluding tert-OH is 1. The Bertz CT molecular complexity index is 1220. The van der Waals surface area contributed by atoms with Crippen molar-refractivity contribution in [2.75, 3.05) is 18.6 Å². The number of H-pyrrole nitrogens is 1. The summed E-state index contributed by atoms with van der Waals surface area (Å²) in [4.78, 5) is 58.1. The Morgan fingerprint density at radius 1 is 1.00 bits per heavy atom. The predicted molar refractivity (Wildman–Crippen MR) is 158 cm³/mol. The highest BCUT2D eigenvalue weighted by atomic mass is 32.2. The zero-order valence-corrected chi connectivity index (χ0v) is 23.9. The predicted octanol–water partition coefficient (Wildman–Crippen LogP) is -1.24. The number of carbonyl (C=O) groups is 4. The number of nitrogens with one attached hydrogen (secondary N) is 4. The van der Waals surface area contributed by atoms with Crippen LogP contribution in [-0.4, -0.2) is 93.7 Å². The molecule has 0 aliphatic rings. The first-order valence-corrected chi connectivity index (χ1v) is 14.5. The highest BCUT2D eigenvalue weighted by Gasteiger charge is 2.31. The van der Waals surface area contributed by atoms with E-state index in [4.69, 9.17) is 17.2 Å². The zero-order chi connectivity index (χ0) is 30.5. The molecule has 0 spiro atoms. The molecule has 0 saturated heterocycles. The largest absolute Gasteiger partial charge is 0.480 e. The van der Waals surface area contributed by atoms with Gasteiger partial charge in [-0.1, -0.05) is 18.2 Å². The van der Waals surface area contributed by atoms with Gasteiger partial charge in [-0.3, -0.25) is 19.4 Å². The molecule has 0 saturated carbocycles. The summed E-state index contributed by atoms with van der Waals surface area (Å²) >= 11 is 1.45. The second-order valence-electron chi connectivity index (χ2n) is 9.58. The van der Waals surface area contributed by atoms with Crippen molar-refractivity contribution in [1.82, 2.24) is 20.9 Å². The number of rotatable bonds is 17. The zero-order valence-electron chi connectivity index (χ0n) is 23.1. The minimum atomic E-state index is -1.28. The molecule has 3 amide bonds. The van der Waals surface area contributed by atoms with Gasteiger partial charge in [0.15, 0.2) is 5.96 Å². The first-order chi connectivity index (χ1) is 19.4. The van der Waals surface area contributed by atoms with Gasteiger partial charge in [-0.2, -0.15) is 11.8 Å². The van der Waals surface area contributed by atoms with E-state index in [9.17, 15) is 29.4 Å². The lowest BCUT2D eigenvalue weighted by atomic mass is 10.0. The minimum absolute atomic E-state index is 0.00336. The van der Waals surface area contributed by atoms with Crippen LogP contribution in [0.15, 0.2) is 35.5 Å². The summed E-state index contributed by atoms with van der Waals surface area (Å²) in [7, 11) is 0. The SMILES string of the molecule is CSCCC(NC(=O)C(N)C(C)O)C(=O)NC(CCCN=C(N)N)C(=O)NC(Cc1c[nH]c2ccccc12)C(=O)O. The quantitative estimate of drug-likeness (QED) is 0.0600. The topological polar surface area (TPSA) is 251 Å². The van der Waals surface area contributed by atoms with Gasteiger partial charge in [-0.15, -0.1) is 0 Å². The first kappa shape index (κ1) is 33.4. The lowest BCUT2D eigenvalue weighted by Crippen LogP contribution is -2.58. The monoisotopic (exact) mass is 592 g/mol. The Morgan fingerprint density at radius 3 is 2.22 bits per heavy atom. The van der Waals surface area contributed by atoms with Crippen molar-refractivity contribution in [2.24, 2.45) is 22.2 Å². The van der Waals surface area contributed by atoms with E-state index in [1.165, 1.54) is 18.7 Å². The summed E-state index contributed by atoms with van der Waals surface area (Å²) in [5.41, 5.74) is 18.0. The Labute approximate surface area is 242 Å². The van der Waals surface area contributed by atoms with Crippen LogP contribution in [0.4, 0.5) is 0 Å². The van der Waals surface area contributed by atoms with Crippen LogP contribution in [0.5, 0.6) is 0 Å². The maximum absolute atomic E-state index is 13.3. The van der Waals surface area contributed by atoms with Crippen LogP contribution in [0, 0.1) is 0 Å². The number of nitrogens with zero attached hydrogens (tertiary/aromatic N) is 1. The summed E-state index contributed by atoms with van der Waals surface area (Å²) in [6.45, 7) is 1.53. The van der Waals surface area contributed by atoms with Crippen LogP contribution >= 0.6 is 11.8 Å². The number of aliphatic hydroxyl groups is 1. The fourth-order valence-electron chi connectivity index (χ4n) is 4.03. The molecule has 1 aromatic carbocycles. The van der Waals surface area contributed by atoms with Crippen molar-refractivity contribution in [2.45, 2.75) is 62.9 Å². The number of nitrogens with two attached hydrogens (primary N) is 3. The second-order valence-corrected chi connectivity index (χ2v) is 10.6. The molecule has 226 valence electrons. The maximum atomic E-state index is 13.3. The van der Waals surface area contributed by atoms with Gasteiger partial charge in [-0.25, -0.2) is 4.79 Å². The van der Waals surface area contributed by atoms with Crippen molar-refractivity contribution >= 4 is 52.3 Å². The first-order valence-electron chi connectivity index (χ1n) is 13.1. The molecule has 1 aromatic heterocycles. The number of carboxylic acid groups (broad SMARTS) is 1. The van der Waals surface area contributed by atoms with Gasteiger partial charge in [0, 0.05) is 30.1 Å². The molecule has 15 heteroatoms. The van der Waals surface area contributed by atoms with Crippen molar-refractivity contribution < 1.29 is 29.4 Å². The highest BCUT2D eigenvalue weighted by Crippen LogP contribution is 2.19. The molecule has 41 heavy (non-hydrogen) atoms. The summed E-state index contributed by atoms with van der Waals surface area (Å²) in [5.74, 6) is -2.96. The number of hydrogen-bond donors (Lipinski definition) is 9. The Morgan fingerprint density at radius 2 is 1.61 bits per heavy atom. The fraction of sp³-hybridized carbons (Fsp3) is 0.500. The number of aliphatic imine (C=N–C) groups is 1. The van der Waals surface area contributed by atoms with E-state index in [2.05, 4.69) is 25.9 Å². The van der Waals surface area contributed by atoms with Gasteiger partial charge in [0.05, 0.1) is 6.10 Å². The molecule has 14 nitrogen and oxygen atoms in total. The molecule has 2 rings (SSSR count). The van der Waals surface area contributed by atoms with Gasteiger partial charge < -0.3 is 48.3 Å². The Kier molecular flexibility index (Phi) is 13.4. The second kappa shape index (κ2) is 16.4. The number of carbonyl (C=O) groups excluding carboxylic acids is 3. The smallest absolute Gasteiger partial charge is 0.326 e. The lowest BCUT2D eigenvalue weighted by Gasteiger charge is -2.25. The third-order valence-corrected chi connectivity index (χ3v) is 7.00. The van der Waals surface area contributed by atoms with Crippen LogP contribution in [0.1, 0.15) is 31.7 Å². The van der Waals surface area contributed by atoms with Crippen molar-refractivity contribution in [3.63, 3.8) is 0 Å². The number of fused-ring (bicyclic) bond motifs is 1. The van der Waals surface area contributed by atoms with E-state index in [1.54, 1.807) is 6.20 Å². The normalized spacial score (nSPS) is 14.7. The van der Waals surface area contributed by atoms with E-state index in [0.717, 1.165) is 10.9 Å². The molecule has 0 fully saturated rings. The molecular weight excluding hydrogens is 552 g/mol. The maximum Gasteiger partial charge on any atom is 0.326 e. The number of para-hydroxylation sites is 1. The molecule has 0 bridgehead atoms. The molecule has 0 aliphatic heterocycles. The Balaban J connectivity index is 2.22. The molecule has 5 atom stereocenters. The van der Waals surface area contributed by atoms with E-state index in [0.29, 0.717) is 17.7 Å². The van der Waals surface area contributed by atoms with Gasteiger partial charge in [0.2, 0.25) is 17.7 Å². The standard InChI is InChI=1S/C26H40N8O6S/c1-14(35)21(27)24(38)33-19(9-11-41-2)23(37)32-18(8-5-10-30-26(28)29)22(36)34-20(25(39)40)12-15-13-31-17-7-4-3-6-16(15)17/h3-4,6-7,13-14,18-21,31,35H,5,8-12,27H2,1-2H3,(H,32,37)(H,33,38)(H,34,36)(H,39,40)(H4,28,29,30). The minimum Gasteiger partial charge on any atom is -0.480 e. The van der Waals surface area contributed by atoms with Gasteiger partial charge in [0.25, 0.3) is 0 Å². The fourth-order valence-corrected chi connectivity index (χ4v) is 4.50. The number of aromatic amines is 1. The van der Waals surface area contributed by atoms with Crippen molar-refractivity contribution in [3.8, 4) is 0 Å². The Hall–Kier alpha value is -3.82. The summed E-state index contributed by atoms with van der Waals surface area (Å²) in [5, 5.41) is 28.1. The number of benzene rings is 1. The molecule has 2 aromatic rings. The van der Waals surface area contributed by atoms with E-state index < -0.39 is 54.0 Å². The van der Waals surface area contributed by atoms with Crippen LogP contribution in [-0.2, 0) is 25.6 Å². The van der Waals surface area contributed by atoms with Gasteiger partial charge in [0.1, 0.15) is 24.2 Å². The summed E-state index contributed by atoms with van der Waals surface area (Å²) in [6, 6.07) is 2.65. The highest BCUT2D eigenvalue weighted by molar-refractivity contribution is 7.98. The average Bonchev–Trinajstić information content (AvgIpc) is 3.33. The van der Waals surface area contributed by atoms with Crippen molar-refractivity contribution in [1.29, 1.82) is 0 Å². The molecule has 1 heterocycles. The third kappa shape index (κ3) is 10.6. The number of guanidine groups is 1. The number of aliphatic carboxylic acids is 1. The summed E-state index contributed by atoms with van der Waals surface area (Å²) in [6.07, 6.45) is 3.00. The van der Waals surface area contributed by atoms with Crippen LogP contribution in [0.25, 0.3) is 10.9 Å². The van der Waals surface area contributed by atoms with E-state index in [-0.39, 0.29) is 31.8 Å². The van der Waals surface area contributed by atoms with Crippen molar-refractivity contribution in [3.05, 3.63) is 36.0 Å². The molecule has 12 N–H and O–H groups in total. The van der Waals surface area contributed by atoms with Gasteiger partial charge in [-0.05, 0) is 49.8 Å². The summed E-state index contributed by atoms with van der Waals surface area (Å²) < 4.78 is 0. The van der Waals surface area contributed by atoms with E-state index in [1.807, 2.05) is 30.5 Å². The number of aromatic nitrogens is 1. The van der Waals surface area contributed by atoms with Gasteiger partial charge >= 0.3 is 5.97 Å². The average molecular weight is 593 g/mol.